The summed E-state index contributed by atoms with van der Waals surface area (Å²) in [4.78, 5) is 30.3. The fourth-order valence-corrected chi connectivity index (χ4v) is 6.19. The summed E-state index contributed by atoms with van der Waals surface area (Å²) in [6, 6.07) is 27.2. The molecule has 1 N–H and O–H groups in total. The number of para-hydroxylation sites is 1. The molecule has 0 saturated carbocycles. The van der Waals surface area contributed by atoms with Crippen molar-refractivity contribution in [1.29, 1.82) is 0 Å². The van der Waals surface area contributed by atoms with Crippen LogP contribution in [0.15, 0.2) is 94.7 Å². The summed E-state index contributed by atoms with van der Waals surface area (Å²) in [7, 11) is 0. The van der Waals surface area contributed by atoms with Gasteiger partial charge in [0.15, 0.2) is 11.5 Å². The Morgan fingerprint density at radius 1 is 0.952 bits per heavy atom. The SMILES string of the molecule is Cc1ccc(C)c(CN2C(=O)/C(=C/c3ccc(C(=O)NC(C)c4ccc5c(c4)OCCO5)cc3)Sc3ccccc32)c1. The van der Waals surface area contributed by atoms with Crippen LogP contribution in [0.2, 0.25) is 0 Å². The standard InChI is InChI=1S/C35H32N2O4S/c1-22-8-9-23(2)28(18-22)21-37-29-6-4-5-7-32(29)42-33(35(37)39)19-25-10-12-26(13-11-25)34(38)36-24(3)27-14-15-30-31(20-27)41-17-16-40-30/h4-15,18-20,24H,16-17,21H2,1-3H3,(H,36,38)/b33-19-. The lowest BCUT2D eigenvalue weighted by atomic mass is 10.0. The van der Waals surface area contributed by atoms with E-state index in [1.54, 1.807) is 12.1 Å². The first-order valence-corrected chi connectivity index (χ1v) is 14.8. The van der Waals surface area contributed by atoms with Gasteiger partial charge in [0.2, 0.25) is 0 Å². The van der Waals surface area contributed by atoms with Crippen LogP contribution in [0.3, 0.4) is 0 Å². The maximum atomic E-state index is 13.8. The molecule has 0 fully saturated rings. The van der Waals surface area contributed by atoms with Crippen molar-refractivity contribution in [2.75, 3.05) is 18.1 Å². The normalized spacial score (nSPS) is 15.7. The molecule has 2 aliphatic rings. The predicted octanol–water partition coefficient (Wildman–Crippen LogP) is 7.25. The minimum absolute atomic E-state index is 0.0327. The summed E-state index contributed by atoms with van der Waals surface area (Å²) in [6.07, 6.45) is 1.90. The number of thioether (sulfide) groups is 1. The van der Waals surface area contributed by atoms with E-state index in [9.17, 15) is 9.59 Å². The Morgan fingerprint density at radius 2 is 1.71 bits per heavy atom. The monoisotopic (exact) mass is 576 g/mol. The number of carbonyl (C=O) groups excluding carboxylic acids is 2. The summed E-state index contributed by atoms with van der Waals surface area (Å²) < 4.78 is 11.3. The Morgan fingerprint density at radius 3 is 2.52 bits per heavy atom. The van der Waals surface area contributed by atoms with Gasteiger partial charge >= 0.3 is 0 Å². The minimum atomic E-state index is -0.213. The van der Waals surface area contributed by atoms with Gasteiger partial charge in [-0.3, -0.25) is 9.59 Å². The van der Waals surface area contributed by atoms with Crippen LogP contribution in [0.1, 0.15) is 51.1 Å². The molecule has 0 aromatic heterocycles. The number of ether oxygens (including phenoxy) is 2. The van der Waals surface area contributed by atoms with Crippen molar-refractivity contribution in [3.8, 4) is 11.5 Å². The molecular weight excluding hydrogens is 544 g/mol. The average molecular weight is 577 g/mol. The summed E-state index contributed by atoms with van der Waals surface area (Å²) in [6.45, 7) is 7.64. The number of hydrogen-bond donors (Lipinski definition) is 1. The van der Waals surface area contributed by atoms with E-state index in [4.69, 9.17) is 9.47 Å². The Hall–Kier alpha value is -4.49. The quantitative estimate of drug-likeness (QED) is 0.245. The van der Waals surface area contributed by atoms with E-state index in [2.05, 4.69) is 37.4 Å². The van der Waals surface area contributed by atoms with Gasteiger partial charge in [0, 0.05) is 10.5 Å². The minimum Gasteiger partial charge on any atom is -0.486 e. The third kappa shape index (κ3) is 5.78. The highest BCUT2D eigenvalue weighted by molar-refractivity contribution is 8.04. The van der Waals surface area contributed by atoms with E-state index >= 15 is 0 Å². The number of hydrogen-bond acceptors (Lipinski definition) is 5. The molecule has 7 heteroatoms. The first-order valence-electron chi connectivity index (χ1n) is 14.0. The Labute approximate surface area is 250 Å². The number of anilines is 1. The summed E-state index contributed by atoms with van der Waals surface area (Å²) in [5.74, 6) is 1.21. The molecule has 1 atom stereocenters. The van der Waals surface area contributed by atoms with Crippen LogP contribution in [-0.2, 0) is 11.3 Å². The molecule has 1 unspecified atom stereocenters. The van der Waals surface area contributed by atoms with Crippen LogP contribution in [0.5, 0.6) is 11.5 Å². The van der Waals surface area contributed by atoms with E-state index in [0.717, 1.165) is 38.6 Å². The molecule has 6 nitrogen and oxygen atoms in total. The largest absolute Gasteiger partial charge is 0.486 e. The fraction of sp³-hybridized carbons (Fsp3) is 0.200. The van der Waals surface area contributed by atoms with Gasteiger partial charge in [-0.2, -0.15) is 0 Å². The van der Waals surface area contributed by atoms with Crippen LogP contribution in [-0.4, -0.2) is 25.0 Å². The van der Waals surface area contributed by atoms with Crippen LogP contribution < -0.4 is 19.7 Å². The third-order valence-electron chi connectivity index (χ3n) is 7.55. The maximum Gasteiger partial charge on any atom is 0.265 e. The number of fused-ring (bicyclic) bond motifs is 2. The number of amides is 2. The predicted molar refractivity (Wildman–Crippen MR) is 167 cm³/mol. The van der Waals surface area contributed by atoms with E-state index in [0.29, 0.717) is 36.0 Å². The molecule has 0 aliphatic carbocycles. The van der Waals surface area contributed by atoms with Crippen molar-refractivity contribution in [2.45, 2.75) is 38.3 Å². The smallest absolute Gasteiger partial charge is 0.265 e. The topological polar surface area (TPSA) is 67.9 Å². The molecule has 0 spiro atoms. The van der Waals surface area contributed by atoms with Crippen molar-refractivity contribution >= 4 is 35.3 Å². The lowest BCUT2D eigenvalue weighted by Gasteiger charge is -2.31. The van der Waals surface area contributed by atoms with Gasteiger partial charge in [-0.1, -0.05) is 65.9 Å². The lowest BCUT2D eigenvalue weighted by molar-refractivity contribution is -0.114. The van der Waals surface area contributed by atoms with Gasteiger partial charge in [0.05, 0.1) is 23.2 Å². The second-order valence-electron chi connectivity index (χ2n) is 10.6. The molecule has 42 heavy (non-hydrogen) atoms. The van der Waals surface area contributed by atoms with Gasteiger partial charge in [-0.25, -0.2) is 0 Å². The van der Waals surface area contributed by atoms with E-state index in [-0.39, 0.29) is 17.9 Å². The maximum absolute atomic E-state index is 13.8. The van der Waals surface area contributed by atoms with E-state index < -0.39 is 0 Å². The first-order chi connectivity index (χ1) is 20.4. The van der Waals surface area contributed by atoms with E-state index in [1.165, 1.54) is 17.3 Å². The van der Waals surface area contributed by atoms with Crippen molar-refractivity contribution in [3.05, 3.63) is 123 Å². The molecule has 212 valence electrons. The van der Waals surface area contributed by atoms with Crippen molar-refractivity contribution in [2.24, 2.45) is 0 Å². The molecule has 2 heterocycles. The van der Waals surface area contributed by atoms with Crippen LogP contribution in [0.4, 0.5) is 5.69 Å². The van der Waals surface area contributed by atoms with Crippen molar-refractivity contribution < 1.29 is 19.1 Å². The summed E-state index contributed by atoms with van der Waals surface area (Å²) in [5.41, 5.74) is 6.72. The number of benzene rings is 4. The van der Waals surface area contributed by atoms with Crippen LogP contribution in [0.25, 0.3) is 6.08 Å². The number of rotatable bonds is 6. The van der Waals surface area contributed by atoms with Gasteiger partial charge in [0.1, 0.15) is 13.2 Å². The Bertz CT molecular complexity index is 1700. The summed E-state index contributed by atoms with van der Waals surface area (Å²) >= 11 is 1.48. The molecule has 6 rings (SSSR count). The summed E-state index contributed by atoms with van der Waals surface area (Å²) in [5, 5.41) is 3.06. The molecule has 0 radical (unpaired) electrons. The Kier molecular flexibility index (Phi) is 7.76. The zero-order chi connectivity index (χ0) is 29.2. The third-order valence-corrected chi connectivity index (χ3v) is 8.63. The fourth-order valence-electron chi connectivity index (χ4n) is 5.13. The lowest BCUT2D eigenvalue weighted by Crippen LogP contribution is -2.34. The van der Waals surface area contributed by atoms with Crippen molar-refractivity contribution in [3.63, 3.8) is 0 Å². The molecule has 2 aliphatic heterocycles. The molecule has 4 aromatic carbocycles. The molecule has 0 bridgehead atoms. The van der Waals surface area contributed by atoms with Crippen LogP contribution >= 0.6 is 11.8 Å². The van der Waals surface area contributed by atoms with Crippen LogP contribution in [0, 0.1) is 13.8 Å². The Balaban J connectivity index is 1.19. The highest BCUT2D eigenvalue weighted by Crippen LogP contribution is 2.43. The molecule has 2 amide bonds. The van der Waals surface area contributed by atoms with Gasteiger partial charge < -0.3 is 19.7 Å². The zero-order valence-electron chi connectivity index (χ0n) is 23.8. The number of carbonyl (C=O) groups is 2. The average Bonchev–Trinajstić information content (AvgIpc) is 3.01. The number of nitrogens with zero attached hydrogens (tertiary/aromatic N) is 1. The first kappa shape index (κ1) is 27.7. The number of nitrogens with one attached hydrogen (secondary N) is 1. The second kappa shape index (κ2) is 11.8. The highest BCUT2D eigenvalue weighted by atomic mass is 32.2. The van der Waals surface area contributed by atoms with Crippen molar-refractivity contribution in [1.82, 2.24) is 5.32 Å². The van der Waals surface area contributed by atoms with E-state index in [1.807, 2.05) is 72.5 Å². The second-order valence-corrected chi connectivity index (χ2v) is 11.7. The molecule has 4 aromatic rings. The van der Waals surface area contributed by atoms with Gasteiger partial charge in [-0.15, -0.1) is 0 Å². The molecule has 0 saturated heterocycles. The van der Waals surface area contributed by atoms with Gasteiger partial charge in [0.25, 0.3) is 11.8 Å². The highest BCUT2D eigenvalue weighted by Gasteiger charge is 2.29. The zero-order valence-corrected chi connectivity index (χ0v) is 24.7. The number of aryl methyl sites for hydroxylation is 2. The molecular formula is C35H32N2O4S. The van der Waals surface area contributed by atoms with Gasteiger partial charge in [-0.05, 0) is 85.5 Å².